The quantitative estimate of drug-likeness (QED) is 0.581. The number of benzene rings is 2. The minimum atomic E-state index is -0.869. The maximum atomic E-state index is 13.3. The Balaban J connectivity index is 1.85. The molecule has 0 fully saturated rings. The molecule has 0 aliphatic carbocycles. The van der Waals surface area contributed by atoms with E-state index >= 15 is 0 Å². The summed E-state index contributed by atoms with van der Waals surface area (Å²) in [6.07, 6.45) is 0.694. The van der Waals surface area contributed by atoms with Gasteiger partial charge < -0.3 is 4.74 Å². The van der Waals surface area contributed by atoms with Crippen LogP contribution in [0.2, 0.25) is 5.02 Å². The predicted molar refractivity (Wildman–Crippen MR) is 103 cm³/mol. The van der Waals surface area contributed by atoms with E-state index in [4.69, 9.17) is 16.3 Å². The molecule has 0 saturated carbocycles. The van der Waals surface area contributed by atoms with Crippen molar-refractivity contribution < 1.29 is 18.3 Å². The lowest BCUT2D eigenvalue weighted by Crippen LogP contribution is -2.40. The van der Waals surface area contributed by atoms with Crippen LogP contribution in [0.1, 0.15) is 12.5 Å². The van der Waals surface area contributed by atoms with Crippen molar-refractivity contribution >= 4 is 23.3 Å². The normalized spacial score (nSPS) is 11.7. The number of ether oxygens (including phenoxy) is 1. The monoisotopic (exact) mass is 402 g/mol. The Morgan fingerprint density at radius 2 is 1.82 bits per heavy atom. The summed E-state index contributed by atoms with van der Waals surface area (Å²) in [6.45, 7) is 1.68. The second-order valence-electron chi connectivity index (χ2n) is 6.06. The molecule has 144 valence electrons. The van der Waals surface area contributed by atoms with E-state index < -0.39 is 17.7 Å². The van der Waals surface area contributed by atoms with Crippen LogP contribution in [0.25, 0.3) is 0 Å². The highest BCUT2D eigenvalue weighted by atomic mass is 35.5. The summed E-state index contributed by atoms with van der Waals surface area (Å²) in [6, 6.07) is 14.5. The van der Waals surface area contributed by atoms with Crippen molar-refractivity contribution in [3.8, 4) is 5.75 Å². The lowest BCUT2D eigenvalue weighted by molar-refractivity contribution is -0.124. The molecule has 1 aromatic heterocycles. The Bertz CT molecular complexity index is 952. The number of rotatable bonds is 6. The molecule has 4 nitrogen and oxygen atoms in total. The molecule has 0 radical (unpaired) electrons. The Labute approximate surface area is 166 Å². The third-order valence-electron chi connectivity index (χ3n) is 4.01. The minimum Gasteiger partial charge on any atom is -0.481 e. The van der Waals surface area contributed by atoms with E-state index in [0.29, 0.717) is 17.1 Å². The lowest BCUT2D eigenvalue weighted by atomic mass is 10.2. The van der Waals surface area contributed by atoms with Crippen molar-refractivity contribution in [2.45, 2.75) is 19.6 Å². The van der Waals surface area contributed by atoms with Gasteiger partial charge in [-0.2, -0.15) is 0 Å². The van der Waals surface area contributed by atoms with Gasteiger partial charge in [0.05, 0.1) is 6.54 Å². The summed E-state index contributed by atoms with van der Waals surface area (Å²) in [5.41, 5.74) is 0.566. The molecule has 0 aliphatic rings. The van der Waals surface area contributed by atoms with Crippen molar-refractivity contribution in [1.29, 1.82) is 0 Å². The molecule has 3 rings (SSSR count). The number of amides is 1. The third kappa shape index (κ3) is 4.84. The van der Waals surface area contributed by atoms with Gasteiger partial charge in [0, 0.05) is 11.2 Å². The second-order valence-corrected chi connectivity index (χ2v) is 6.47. The number of aromatic nitrogens is 1. The molecule has 1 amide bonds. The van der Waals surface area contributed by atoms with Crippen LogP contribution in [0.15, 0.2) is 66.9 Å². The van der Waals surface area contributed by atoms with Crippen LogP contribution in [-0.4, -0.2) is 17.0 Å². The topological polar surface area (TPSA) is 42.4 Å². The first-order valence-electron chi connectivity index (χ1n) is 8.52. The van der Waals surface area contributed by atoms with Gasteiger partial charge in [0.15, 0.2) is 6.10 Å². The fourth-order valence-electron chi connectivity index (χ4n) is 2.59. The van der Waals surface area contributed by atoms with Gasteiger partial charge in [-0.3, -0.25) is 9.69 Å². The molecule has 0 N–H and O–H groups in total. The summed E-state index contributed by atoms with van der Waals surface area (Å²) in [5, 5.41) is 0.209. The van der Waals surface area contributed by atoms with Gasteiger partial charge in [-0.25, -0.2) is 13.8 Å². The lowest BCUT2D eigenvalue weighted by Gasteiger charge is -2.26. The number of carbonyl (C=O) groups excluding carboxylic acids is 1. The Morgan fingerprint density at radius 3 is 2.46 bits per heavy atom. The summed E-state index contributed by atoms with van der Waals surface area (Å²) in [4.78, 5) is 18.7. The average Bonchev–Trinajstić information content (AvgIpc) is 2.69. The van der Waals surface area contributed by atoms with Crippen LogP contribution in [0.3, 0.4) is 0 Å². The zero-order valence-electron chi connectivity index (χ0n) is 15.0. The van der Waals surface area contributed by atoms with Crippen molar-refractivity contribution in [3.63, 3.8) is 0 Å². The predicted octanol–water partition coefficient (Wildman–Crippen LogP) is 5.01. The highest BCUT2D eigenvalue weighted by molar-refractivity contribution is 6.31. The van der Waals surface area contributed by atoms with Crippen molar-refractivity contribution in [1.82, 2.24) is 4.98 Å². The summed E-state index contributed by atoms with van der Waals surface area (Å²) >= 11 is 6.12. The van der Waals surface area contributed by atoms with Crippen molar-refractivity contribution in [2.75, 3.05) is 4.90 Å². The number of halogens is 3. The van der Waals surface area contributed by atoms with Crippen LogP contribution in [0.4, 0.5) is 14.6 Å². The molecular weight excluding hydrogens is 386 g/mol. The zero-order chi connectivity index (χ0) is 20.1. The van der Waals surface area contributed by atoms with Crippen LogP contribution >= 0.6 is 11.6 Å². The molecule has 0 bridgehead atoms. The number of hydrogen-bond acceptors (Lipinski definition) is 3. The highest BCUT2D eigenvalue weighted by Crippen LogP contribution is 2.23. The first kappa shape index (κ1) is 19.8. The fraction of sp³-hybridized carbons (Fsp3) is 0.143. The van der Waals surface area contributed by atoms with Crippen molar-refractivity contribution in [3.05, 3.63) is 89.1 Å². The Kier molecular flexibility index (Phi) is 6.21. The molecule has 7 heteroatoms. The first-order valence-corrected chi connectivity index (χ1v) is 8.90. The van der Waals surface area contributed by atoms with E-state index in [1.54, 1.807) is 31.3 Å². The zero-order valence-corrected chi connectivity index (χ0v) is 15.7. The van der Waals surface area contributed by atoms with Gasteiger partial charge in [-0.1, -0.05) is 23.7 Å². The smallest absolute Gasteiger partial charge is 0.269 e. The van der Waals surface area contributed by atoms with Gasteiger partial charge in [-0.05, 0) is 61.0 Å². The Morgan fingerprint density at radius 1 is 1.11 bits per heavy atom. The van der Waals surface area contributed by atoms with Gasteiger partial charge in [0.25, 0.3) is 5.91 Å². The molecule has 0 saturated heterocycles. The largest absolute Gasteiger partial charge is 0.481 e. The first-order chi connectivity index (χ1) is 13.4. The summed E-state index contributed by atoms with van der Waals surface area (Å²) < 4.78 is 32.0. The number of pyridine rings is 1. The molecule has 1 atom stereocenters. The third-order valence-corrected chi connectivity index (χ3v) is 4.36. The maximum absolute atomic E-state index is 13.3. The second kappa shape index (κ2) is 8.80. The van der Waals surface area contributed by atoms with Crippen LogP contribution < -0.4 is 9.64 Å². The van der Waals surface area contributed by atoms with Crippen LogP contribution in [-0.2, 0) is 11.3 Å². The fourth-order valence-corrected chi connectivity index (χ4v) is 2.82. The number of carbonyl (C=O) groups is 1. The minimum absolute atomic E-state index is 0.0894. The van der Waals surface area contributed by atoms with Gasteiger partial charge >= 0.3 is 0 Å². The van der Waals surface area contributed by atoms with Gasteiger partial charge in [0.1, 0.15) is 23.2 Å². The van der Waals surface area contributed by atoms with Gasteiger partial charge in [0.2, 0.25) is 0 Å². The highest BCUT2D eigenvalue weighted by Gasteiger charge is 2.25. The molecule has 0 unspecified atom stereocenters. The number of nitrogens with zero attached hydrogens (tertiary/aromatic N) is 2. The molecular formula is C21H17ClF2N2O2. The Hall–Kier alpha value is -2.99. The summed E-state index contributed by atoms with van der Waals surface area (Å²) in [5.74, 6) is -0.459. The SMILES string of the molecule is C[C@@H](Oc1ccc(F)cc1)C(=O)N(Cc1ccc(F)cc1Cl)c1ccccn1. The van der Waals surface area contributed by atoms with Gasteiger partial charge in [-0.15, -0.1) is 0 Å². The molecule has 3 aromatic rings. The van der Waals surface area contributed by atoms with E-state index in [1.807, 2.05) is 0 Å². The number of anilines is 1. The molecule has 0 spiro atoms. The van der Waals surface area contributed by atoms with Crippen LogP contribution in [0.5, 0.6) is 5.75 Å². The molecule has 0 aliphatic heterocycles. The van der Waals surface area contributed by atoms with E-state index in [1.165, 1.54) is 47.4 Å². The summed E-state index contributed by atoms with van der Waals surface area (Å²) in [7, 11) is 0. The maximum Gasteiger partial charge on any atom is 0.269 e. The number of hydrogen-bond donors (Lipinski definition) is 0. The van der Waals surface area contributed by atoms with E-state index in [0.717, 1.165) is 0 Å². The van der Waals surface area contributed by atoms with E-state index in [-0.39, 0.29) is 17.5 Å². The van der Waals surface area contributed by atoms with E-state index in [9.17, 15) is 13.6 Å². The van der Waals surface area contributed by atoms with Crippen molar-refractivity contribution in [2.24, 2.45) is 0 Å². The average molecular weight is 403 g/mol. The van der Waals surface area contributed by atoms with Crippen LogP contribution in [0, 0.1) is 11.6 Å². The standard InChI is InChI=1S/C21H17ClF2N2O2/c1-14(28-18-9-7-16(23)8-10-18)21(27)26(20-4-2-3-11-25-20)13-15-5-6-17(24)12-19(15)22/h2-12,14H,13H2,1H3/t14-/m1/s1. The molecule has 28 heavy (non-hydrogen) atoms. The molecule has 2 aromatic carbocycles. The van der Waals surface area contributed by atoms with E-state index in [2.05, 4.69) is 4.98 Å². The molecule has 1 heterocycles.